The van der Waals surface area contributed by atoms with Gasteiger partial charge in [-0.1, -0.05) is 27.2 Å². The maximum Gasteiger partial charge on any atom is 0.226 e. The summed E-state index contributed by atoms with van der Waals surface area (Å²) in [6, 6.07) is 0.482. The fourth-order valence-corrected chi connectivity index (χ4v) is 5.57. The van der Waals surface area contributed by atoms with Crippen molar-refractivity contribution in [3.05, 3.63) is 0 Å². The van der Waals surface area contributed by atoms with E-state index in [4.69, 9.17) is 5.73 Å². The van der Waals surface area contributed by atoms with Crippen LogP contribution in [0.1, 0.15) is 59.3 Å². The van der Waals surface area contributed by atoms with Gasteiger partial charge < -0.3 is 10.6 Å². The average molecular weight is 278 g/mol. The second kappa shape index (κ2) is 4.72. The number of hydrogen-bond donors (Lipinski definition) is 1. The third-order valence-corrected chi connectivity index (χ3v) is 5.98. The van der Waals surface area contributed by atoms with E-state index in [1.54, 1.807) is 0 Å². The van der Waals surface area contributed by atoms with E-state index in [1.165, 1.54) is 25.7 Å². The fraction of sp³-hybridized carbons (Fsp3) is 0.941. The van der Waals surface area contributed by atoms with Crippen LogP contribution in [0.15, 0.2) is 0 Å². The minimum Gasteiger partial charge on any atom is -0.339 e. The molecular weight excluding hydrogens is 248 g/mol. The van der Waals surface area contributed by atoms with Crippen LogP contribution in [0.25, 0.3) is 0 Å². The number of nitrogens with zero attached hydrogens (tertiary/aromatic N) is 1. The molecule has 0 aromatic rings. The Labute approximate surface area is 123 Å². The maximum absolute atomic E-state index is 13.0. The lowest BCUT2D eigenvalue weighted by Crippen LogP contribution is -2.42. The minimum atomic E-state index is 0.214. The molecule has 0 radical (unpaired) electrons. The highest BCUT2D eigenvalue weighted by Gasteiger charge is 2.52. The summed E-state index contributed by atoms with van der Waals surface area (Å²) < 4.78 is 0. The fourth-order valence-electron chi connectivity index (χ4n) is 5.57. The van der Waals surface area contributed by atoms with Crippen molar-refractivity contribution in [1.82, 2.24) is 4.90 Å². The van der Waals surface area contributed by atoms with Gasteiger partial charge in [0, 0.05) is 18.5 Å². The SMILES string of the molecule is CC1(C)CC2CC(C)(CN2C(=O)C2CCCC2CN)C1. The summed E-state index contributed by atoms with van der Waals surface area (Å²) in [4.78, 5) is 15.2. The van der Waals surface area contributed by atoms with Crippen LogP contribution in [0.3, 0.4) is 0 Å². The predicted molar refractivity (Wildman–Crippen MR) is 81.1 cm³/mol. The second-order valence-corrected chi connectivity index (χ2v) is 8.71. The summed E-state index contributed by atoms with van der Waals surface area (Å²) in [7, 11) is 0. The number of likely N-dealkylation sites (tertiary alicyclic amines) is 1. The Kier molecular flexibility index (Phi) is 3.39. The Hall–Kier alpha value is -0.570. The van der Waals surface area contributed by atoms with E-state index in [0.717, 1.165) is 19.4 Å². The molecule has 3 rings (SSSR count). The molecule has 0 aromatic heterocycles. The third-order valence-electron chi connectivity index (χ3n) is 5.98. The van der Waals surface area contributed by atoms with Gasteiger partial charge in [-0.3, -0.25) is 4.79 Å². The molecule has 20 heavy (non-hydrogen) atoms. The third kappa shape index (κ3) is 2.38. The zero-order valence-electron chi connectivity index (χ0n) is 13.3. The number of nitrogens with two attached hydrogens (primary N) is 1. The quantitative estimate of drug-likeness (QED) is 0.844. The number of carbonyl (C=O) groups excluding carboxylic acids is 1. The normalized spacial score (nSPS) is 43.0. The first-order valence-electron chi connectivity index (χ1n) is 8.34. The lowest BCUT2D eigenvalue weighted by molar-refractivity contribution is -0.137. The van der Waals surface area contributed by atoms with Gasteiger partial charge in [0.2, 0.25) is 5.91 Å². The number of hydrogen-bond acceptors (Lipinski definition) is 2. The molecule has 2 saturated carbocycles. The summed E-state index contributed by atoms with van der Waals surface area (Å²) in [6.45, 7) is 8.77. The van der Waals surface area contributed by atoms with Crippen LogP contribution in [0, 0.1) is 22.7 Å². The molecule has 1 amide bonds. The van der Waals surface area contributed by atoms with Gasteiger partial charge >= 0.3 is 0 Å². The molecular formula is C17H30N2O. The van der Waals surface area contributed by atoms with Crippen LogP contribution in [-0.2, 0) is 4.79 Å². The minimum absolute atomic E-state index is 0.214. The standard InChI is InChI=1S/C17H30N2O/c1-16(2)7-13-8-17(3,10-16)11-19(13)15(20)14-6-4-5-12(14)9-18/h12-14H,4-11,18H2,1-3H3. The topological polar surface area (TPSA) is 46.3 Å². The van der Waals surface area contributed by atoms with E-state index in [-0.39, 0.29) is 5.92 Å². The van der Waals surface area contributed by atoms with E-state index in [1.807, 2.05) is 0 Å². The van der Waals surface area contributed by atoms with Crippen LogP contribution in [0.2, 0.25) is 0 Å². The lowest BCUT2D eigenvalue weighted by atomic mass is 9.65. The Morgan fingerprint density at radius 1 is 1.25 bits per heavy atom. The van der Waals surface area contributed by atoms with Crippen molar-refractivity contribution >= 4 is 5.91 Å². The molecule has 2 N–H and O–H groups in total. The van der Waals surface area contributed by atoms with Crippen LogP contribution < -0.4 is 5.73 Å². The van der Waals surface area contributed by atoms with Crippen molar-refractivity contribution in [2.24, 2.45) is 28.4 Å². The molecule has 2 aliphatic carbocycles. The predicted octanol–water partition coefficient (Wildman–Crippen LogP) is 2.79. The highest BCUT2D eigenvalue weighted by molar-refractivity contribution is 5.80. The Morgan fingerprint density at radius 3 is 2.70 bits per heavy atom. The molecule has 2 bridgehead atoms. The second-order valence-electron chi connectivity index (χ2n) is 8.71. The summed E-state index contributed by atoms with van der Waals surface area (Å²) >= 11 is 0. The van der Waals surface area contributed by atoms with Gasteiger partial charge in [0.1, 0.15) is 0 Å². The molecule has 0 aromatic carbocycles. The van der Waals surface area contributed by atoms with E-state index < -0.39 is 0 Å². The van der Waals surface area contributed by atoms with Crippen molar-refractivity contribution in [1.29, 1.82) is 0 Å². The van der Waals surface area contributed by atoms with Gasteiger partial charge in [-0.15, -0.1) is 0 Å². The molecule has 3 aliphatic rings. The molecule has 3 nitrogen and oxygen atoms in total. The molecule has 114 valence electrons. The zero-order valence-corrected chi connectivity index (χ0v) is 13.3. The van der Waals surface area contributed by atoms with Crippen molar-refractivity contribution in [2.75, 3.05) is 13.1 Å². The number of fused-ring (bicyclic) bond motifs is 2. The molecule has 3 fully saturated rings. The maximum atomic E-state index is 13.0. The van der Waals surface area contributed by atoms with E-state index in [2.05, 4.69) is 25.7 Å². The summed E-state index contributed by atoms with van der Waals surface area (Å²) in [6.07, 6.45) is 7.03. The zero-order chi connectivity index (χ0) is 14.5. The van der Waals surface area contributed by atoms with Crippen LogP contribution in [0.5, 0.6) is 0 Å². The summed E-state index contributed by atoms with van der Waals surface area (Å²) in [5, 5.41) is 0. The van der Waals surface area contributed by atoms with Crippen molar-refractivity contribution in [3.8, 4) is 0 Å². The Bertz CT molecular complexity index is 406. The smallest absolute Gasteiger partial charge is 0.226 e. The number of carbonyl (C=O) groups is 1. The first-order valence-corrected chi connectivity index (χ1v) is 8.34. The molecule has 4 atom stereocenters. The van der Waals surface area contributed by atoms with Gasteiger partial charge in [-0.05, 0) is 55.4 Å². The lowest BCUT2D eigenvalue weighted by Gasteiger charge is -2.39. The van der Waals surface area contributed by atoms with Gasteiger partial charge in [-0.25, -0.2) is 0 Å². The summed E-state index contributed by atoms with van der Waals surface area (Å²) in [5.74, 6) is 1.07. The van der Waals surface area contributed by atoms with Gasteiger partial charge in [0.05, 0.1) is 0 Å². The first-order chi connectivity index (χ1) is 9.34. The van der Waals surface area contributed by atoms with E-state index >= 15 is 0 Å². The Morgan fingerprint density at radius 2 is 2.00 bits per heavy atom. The van der Waals surface area contributed by atoms with Gasteiger partial charge in [0.25, 0.3) is 0 Å². The van der Waals surface area contributed by atoms with E-state index in [0.29, 0.717) is 35.2 Å². The summed E-state index contributed by atoms with van der Waals surface area (Å²) in [5.41, 5.74) is 6.60. The molecule has 3 heteroatoms. The monoisotopic (exact) mass is 278 g/mol. The van der Waals surface area contributed by atoms with Gasteiger partial charge in [-0.2, -0.15) is 0 Å². The molecule has 4 unspecified atom stereocenters. The van der Waals surface area contributed by atoms with Gasteiger partial charge in [0.15, 0.2) is 0 Å². The highest BCUT2D eigenvalue weighted by atomic mass is 16.2. The number of amides is 1. The molecule has 1 heterocycles. The van der Waals surface area contributed by atoms with Crippen LogP contribution in [0.4, 0.5) is 0 Å². The largest absolute Gasteiger partial charge is 0.339 e. The van der Waals surface area contributed by atoms with Crippen molar-refractivity contribution in [2.45, 2.75) is 65.3 Å². The molecule has 1 saturated heterocycles. The molecule has 0 spiro atoms. The molecule has 1 aliphatic heterocycles. The van der Waals surface area contributed by atoms with Crippen LogP contribution in [-0.4, -0.2) is 29.9 Å². The van der Waals surface area contributed by atoms with Crippen LogP contribution >= 0.6 is 0 Å². The average Bonchev–Trinajstić information content (AvgIpc) is 2.89. The Balaban J connectivity index is 1.77. The van der Waals surface area contributed by atoms with Crippen molar-refractivity contribution in [3.63, 3.8) is 0 Å². The highest BCUT2D eigenvalue weighted by Crippen LogP contribution is 2.53. The van der Waals surface area contributed by atoms with E-state index in [9.17, 15) is 4.79 Å². The number of rotatable bonds is 2. The first kappa shape index (κ1) is 14.4. The van der Waals surface area contributed by atoms with Crippen molar-refractivity contribution < 1.29 is 4.79 Å².